The van der Waals surface area contributed by atoms with Crippen LogP contribution in [0.1, 0.15) is 59.3 Å². The highest BCUT2D eigenvalue weighted by atomic mass is 32.2. The van der Waals surface area contributed by atoms with Crippen molar-refractivity contribution in [3.8, 4) is 11.7 Å². The number of allylic oxidation sites excluding steroid dienone is 3. The van der Waals surface area contributed by atoms with Crippen molar-refractivity contribution >= 4 is 30.3 Å². The van der Waals surface area contributed by atoms with Crippen LogP contribution in [0.3, 0.4) is 0 Å². The van der Waals surface area contributed by atoms with Crippen molar-refractivity contribution < 1.29 is 22.9 Å². The maximum absolute atomic E-state index is 13.2. The summed E-state index contributed by atoms with van der Waals surface area (Å²) >= 11 is 1.39. The molecule has 3 aliphatic rings. The molecular weight excluding hydrogens is 526 g/mol. The number of pyridine rings is 1. The Hall–Kier alpha value is -2.44. The second kappa shape index (κ2) is 10.9. The molecule has 0 aromatic carbocycles. The molecule has 1 unspecified atom stereocenters. The van der Waals surface area contributed by atoms with Gasteiger partial charge in [0.15, 0.2) is 5.82 Å². The Balaban J connectivity index is 1.34. The minimum Gasteiger partial charge on any atom is -0.477 e. The maximum atomic E-state index is 13.2. The summed E-state index contributed by atoms with van der Waals surface area (Å²) in [4.78, 5) is 8.23. The Morgan fingerprint density at radius 3 is 2.67 bits per heavy atom. The first kappa shape index (κ1) is 28.1. The molecule has 2 N–H and O–H groups in total. The minimum atomic E-state index is -4.19. The SMILES string of the molecule is CC1CN(c2nc(-n3ccc(OCCC4(C(F)(F)F)CC4)n3)ccc2B(O)NSC2=CCCC=C2)C(C)(C)C1. The van der Waals surface area contributed by atoms with Gasteiger partial charge in [0.2, 0.25) is 5.88 Å². The highest BCUT2D eigenvalue weighted by molar-refractivity contribution is 8.02. The Labute approximate surface area is 232 Å². The van der Waals surface area contributed by atoms with Crippen LogP contribution in [0, 0.1) is 11.3 Å². The van der Waals surface area contributed by atoms with Gasteiger partial charge < -0.3 is 14.7 Å². The third-order valence-electron chi connectivity index (χ3n) is 7.85. The molecule has 2 aromatic heterocycles. The van der Waals surface area contributed by atoms with Crippen LogP contribution in [0.5, 0.6) is 5.88 Å². The van der Waals surface area contributed by atoms with Gasteiger partial charge in [-0.05, 0) is 64.4 Å². The van der Waals surface area contributed by atoms with Gasteiger partial charge in [-0.15, -0.1) is 5.10 Å². The van der Waals surface area contributed by atoms with Crippen LogP contribution < -0.4 is 19.7 Å². The molecule has 12 heteroatoms. The molecule has 2 aliphatic carbocycles. The van der Waals surface area contributed by atoms with E-state index in [0.717, 1.165) is 30.7 Å². The summed E-state index contributed by atoms with van der Waals surface area (Å²) in [6, 6.07) is 5.26. The summed E-state index contributed by atoms with van der Waals surface area (Å²) in [6.45, 7) is 7.32. The lowest BCUT2D eigenvalue weighted by molar-refractivity contribution is -0.190. The Kier molecular flexibility index (Phi) is 7.82. The highest BCUT2D eigenvalue weighted by Crippen LogP contribution is 2.59. The van der Waals surface area contributed by atoms with Gasteiger partial charge in [-0.25, -0.2) is 9.67 Å². The van der Waals surface area contributed by atoms with E-state index in [2.05, 4.69) is 47.6 Å². The van der Waals surface area contributed by atoms with E-state index in [1.54, 1.807) is 23.0 Å². The standard InChI is InChI=1S/C27H35BF3N5O2S/c1-19-17-25(2,3)35(18-19)24-21(28(37)34-39-20-7-5-4-6-8-20)9-10-22(32-24)36-15-11-23(33-36)38-16-14-26(12-13-26)27(29,30)31/h5,7-11,15,19,34,37H,4,6,12-14,16-18H2,1-3H3. The van der Waals surface area contributed by atoms with E-state index in [9.17, 15) is 18.2 Å². The van der Waals surface area contributed by atoms with E-state index < -0.39 is 18.6 Å². The van der Waals surface area contributed by atoms with Crippen molar-refractivity contribution in [1.82, 2.24) is 19.4 Å². The third kappa shape index (κ3) is 6.17. The van der Waals surface area contributed by atoms with E-state index in [-0.39, 0.29) is 37.3 Å². The lowest BCUT2D eigenvalue weighted by Gasteiger charge is -2.34. The second-order valence-electron chi connectivity index (χ2n) is 11.5. The van der Waals surface area contributed by atoms with Gasteiger partial charge >= 0.3 is 13.2 Å². The summed E-state index contributed by atoms with van der Waals surface area (Å²) in [5.41, 5.74) is -1.09. The van der Waals surface area contributed by atoms with Crippen molar-refractivity contribution in [2.75, 3.05) is 18.1 Å². The van der Waals surface area contributed by atoms with Crippen LogP contribution in [-0.2, 0) is 0 Å². The quantitative estimate of drug-likeness (QED) is 0.307. The average Bonchev–Trinajstić information content (AvgIpc) is 3.46. The first-order chi connectivity index (χ1) is 18.5. The Morgan fingerprint density at radius 2 is 2.03 bits per heavy atom. The fourth-order valence-corrected chi connectivity index (χ4v) is 6.25. The van der Waals surface area contributed by atoms with Crippen LogP contribution in [-0.4, -0.2) is 51.7 Å². The Bertz CT molecular complexity index is 1240. The lowest BCUT2D eigenvalue weighted by atomic mass is 9.75. The molecule has 210 valence electrons. The summed E-state index contributed by atoms with van der Waals surface area (Å²) in [5, 5.41) is 15.6. The first-order valence-corrected chi connectivity index (χ1v) is 14.3. The normalized spacial score (nSPS) is 21.7. The number of anilines is 1. The molecule has 3 heterocycles. The van der Waals surface area contributed by atoms with Crippen molar-refractivity contribution in [3.05, 3.63) is 47.5 Å². The molecule has 39 heavy (non-hydrogen) atoms. The summed E-state index contributed by atoms with van der Waals surface area (Å²) in [6.07, 6.45) is 7.05. The minimum absolute atomic E-state index is 0.0465. The van der Waals surface area contributed by atoms with E-state index >= 15 is 0 Å². The molecule has 7 nitrogen and oxygen atoms in total. The van der Waals surface area contributed by atoms with E-state index in [0.29, 0.717) is 23.0 Å². The van der Waals surface area contributed by atoms with E-state index in [4.69, 9.17) is 9.72 Å². The van der Waals surface area contributed by atoms with Crippen molar-refractivity contribution in [2.45, 2.75) is 71.0 Å². The van der Waals surface area contributed by atoms with Crippen molar-refractivity contribution in [3.63, 3.8) is 0 Å². The predicted octanol–water partition coefficient (Wildman–Crippen LogP) is 5.16. The van der Waals surface area contributed by atoms with Crippen LogP contribution in [0.4, 0.5) is 19.0 Å². The van der Waals surface area contributed by atoms with Gasteiger partial charge in [-0.1, -0.05) is 43.2 Å². The number of alkyl halides is 3. The third-order valence-corrected chi connectivity index (χ3v) is 8.73. The lowest BCUT2D eigenvalue weighted by Crippen LogP contribution is -2.48. The van der Waals surface area contributed by atoms with E-state index in [1.807, 2.05) is 12.1 Å². The number of nitrogens with one attached hydrogen (secondary N) is 1. The summed E-state index contributed by atoms with van der Waals surface area (Å²) < 4.78 is 49.9. The maximum Gasteiger partial charge on any atom is 0.427 e. The molecule has 1 saturated heterocycles. The smallest absolute Gasteiger partial charge is 0.427 e. The van der Waals surface area contributed by atoms with Crippen LogP contribution in [0.15, 0.2) is 47.5 Å². The van der Waals surface area contributed by atoms with Gasteiger partial charge in [0.1, 0.15) is 5.82 Å². The van der Waals surface area contributed by atoms with Gasteiger partial charge in [0.25, 0.3) is 0 Å². The van der Waals surface area contributed by atoms with Crippen LogP contribution in [0.2, 0.25) is 0 Å². The molecule has 0 bridgehead atoms. The molecule has 0 amide bonds. The zero-order valence-corrected chi connectivity index (χ0v) is 23.4. The van der Waals surface area contributed by atoms with Crippen LogP contribution >= 0.6 is 11.9 Å². The molecule has 1 atom stereocenters. The molecule has 2 fully saturated rings. The van der Waals surface area contributed by atoms with Gasteiger partial charge in [0.05, 0.1) is 12.0 Å². The van der Waals surface area contributed by atoms with Crippen LogP contribution in [0.25, 0.3) is 5.82 Å². The second-order valence-corrected chi connectivity index (χ2v) is 12.4. The average molecular weight is 561 g/mol. The number of hydrogen-bond acceptors (Lipinski definition) is 7. The molecule has 0 spiro atoms. The first-order valence-electron chi connectivity index (χ1n) is 13.5. The molecule has 0 radical (unpaired) electrons. The number of nitrogens with zero attached hydrogens (tertiary/aromatic N) is 4. The monoisotopic (exact) mass is 561 g/mol. The summed E-state index contributed by atoms with van der Waals surface area (Å²) in [7, 11) is -0.950. The number of hydrogen-bond donors (Lipinski definition) is 2. The molecule has 5 rings (SSSR count). The summed E-state index contributed by atoms with van der Waals surface area (Å²) in [5.74, 6) is 1.93. The zero-order valence-electron chi connectivity index (χ0n) is 22.5. The van der Waals surface area contributed by atoms with E-state index in [1.165, 1.54) is 11.9 Å². The fraction of sp³-hybridized carbons (Fsp3) is 0.556. The van der Waals surface area contributed by atoms with Gasteiger partial charge in [-0.2, -0.15) is 13.2 Å². The van der Waals surface area contributed by atoms with Crippen molar-refractivity contribution in [1.29, 1.82) is 0 Å². The molecule has 2 aromatic rings. The fourth-order valence-electron chi connectivity index (χ4n) is 5.51. The molecule has 1 aliphatic heterocycles. The highest BCUT2D eigenvalue weighted by Gasteiger charge is 2.62. The number of aromatic nitrogens is 3. The molecule has 1 saturated carbocycles. The zero-order chi connectivity index (χ0) is 27.8. The Morgan fingerprint density at radius 1 is 1.23 bits per heavy atom. The number of halogens is 3. The topological polar surface area (TPSA) is 75.4 Å². The van der Waals surface area contributed by atoms with Gasteiger partial charge in [0, 0.05) is 34.7 Å². The predicted molar refractivity (Wildman–Crippen MR) is 149 cm³/mol. The van der Waals surface area contributed by atoms with Gasteiger partial charge in [-0.3, -0.25) is 4.63 Å². The number of ether oxygens (including phenoxy) is 1. The van der Waals surface area contributed by atoms with Crippen molar-refractivity contribution in [2.24, 2.45) is 11.3 Å². The molecular formula is C27H35BF3N5O2S. The number of rotatable bonds is 10. The largest absolute Gasteiger partial charge is 0.477 e.